The summed E-state index contributed by atoms with van der Waals surface area (Å²) in [7, 11) is 3.81. The van der Waals surface area contributed by atoms with Gasteiger partial charge in [-0.3, -0.25) is 4.79 Å². The summed E-state index contributed by atoms with van der Waals surface area (Å²) in [5.41, 5.74) is 3.13. The van der Waals surface area contributed by atoms with Crippen LogP contribution < -0.4 is 20.1 Å². The Balaban J connectivity index is 1.15. The van der Waals surface area contributed by atoms with Gasteiger partial charge in [0.15, 0.2) is 11.5 Å². The molecular weight excluding hydrogens is 596 g/mol. The van der Waals surface area contributed by atoms with E-state index in [9.17, 15) is 4.79 Å². The molecule has 44 heavy (non-hydrogen) atoms. The number of nitrogens with one attached hydrogen (secondary N) is 2. The van der Waals surface area contributed by atoms with Crippen LogP contribution in [0.1, 0.15) is 21.7 Å². The minimum Gasteiger partial charge on any atom is -0.493 e. The zero-order chi connectivity index (χ0) is 30.6. The minimum absolute atomic E-state index is 0.192. The molecule has 1 aliphatic rings. The van der Waals surface area contributed by atoms with E-state index in [2.05, 4.69) is 37.4 Å². The quantitative estimate of drug-likeness (QED) is 0.162. The van der Waals surface area contributed by atoms with Crippen molar-refractivity contribution >= 4 is 67.0 Å². The van der Waals surface area contributed by atoms with Gasteiger partial charge in [0.25, 0.3) is 5.91 Å². The fourth-order valence-corrected chi connectivity index (χ4v) is 6.52. The van der Waals surface area contributed by atoms with E-state index < -0.39 is 0 Å². The van der Waals surface area contributed by atoms with E-state index in [1.807, 2.05) is 55.5 Å². The summed E-state index contributed by atoms with van der Waals surface area (Å²) in [5, 5.41) is 8.66. The predicted octanol–water partition coefficient (Wildman–Crippen LogP) is 6.83. The maximum atomic E-state index is 13.0. The van der Waals surface area contributed by atoms with Gasteiger partial charge in [-0.15, -0.1) is 11.3 Å². The lowest BCUT2D eigenvalue weighted by molar-refractivity contribution is 0.103. The summed E-state index contributed by atoms with van der Waals surface area (Å²) >= 11 is 7.75. The molecule has 5 aromatic rings. The molecule has 0 aliphatic carbocycles. The fourth-order valence-electron chi connectivity index (χ4n) is 5.31. The zero-order valence-electron chi connectivity index (χ0n) is 25.0. The summed E-state index contributed by atoms with van der Waals surface area (Å²) in [5.74, 6) is 1.76. The van der Waals surface area contributed by atoms with Crippen LogP contribution in [0.3, 0.4) is 0 Å². The van der Waals surface area contributed by atoms with Gasteiger partial charge in [0.1, 0.15) is 12.1 Å². The van der Waals surface area contributed by atoms with Crippen molar-refractivity contribution in [1.82, 2.24) is 19.8 Å². The SMILES string of the molecule is COc1cc2c(Nc3ccc4sc(C(=O)Nc5c(C)cccc5Cl)cc4c3)ncnc2cc1OCCCN1CCN(C)CC1. The number of anilines is 3. The molecule has 2 aromatic heterocycles. The molecule has 0 atom stereocenters. The second-order valence-electron chi connectivity index (χ2n) is 11.0. The second kappa shape index (κ2) is 13.4. The number of rotatable bonds is 10. The molecule has 0 spiro atoms. The summed E-state index contributed by atoms with van der Waals surface area (Å²) in [6, 6.07) is 17.2. The molecule has 1 amide bonds. The lowest BCUT2D eigenvalue weighted by atomic mass is 10.2. The molecule has 1 fully saturated rings. The van der Waals surface area contributed by atoms with E-state index in [1.54, 1.807) is 13.2 Å². The van der Waals surface area contributed by atoms with Gasteiger partial charge in [-0.25, -0.2) is 9.97 Å². The van der Waals surface area contributed by atoms with Gasteiger partial charge >= 0.3 is 0 Å². The van der Waals surface area contributed by atoms with Gasteiger partial charge in [-0.1, -0.05) is 23.7 Å². The van der Waals surface area contributed by atoms with Crippen LogP contribution >= 0.6 is 22.9 Å². The number of nitrogens with zero attached hydrogens (tertiary/aromatic N) is 4. The number of piperazine rings is 1. The first-order valence-corrected chi connectivity index (χ1v) is 15.8. The van der Waals surface area contributed by atoms with E-state index in [0.29, 0.717) is 39.5 Å². The first kappa shape index (κ1) is 30.1. The second-order valence-corrected chi connectivity index (χ2v) is 12.5. The molecule has 0 bridgehead atoms. The fraction of sp³-hybridized carbons (Fsp3) is 0.303. The van der Waals surface area contributed by atoms with Gasteiger partial charge in [0, 0.05) is 54.6 Å². The number of fused-ring (bicyclic) bond motifs is 2. The van der Waals surface area contributed by atoms with Crippen molar-refractivity contribution in [1.29, 1.82) is 0 Å². The van der Waals surface area contributed by atoms with Crippen LogP contribution in [0.25, 0.3) is 21.0 Å². The third-order valence-electron chi connectivity index (χ3n) is 7.86. The molecule has 0 radical (unpaired) electrons. The van der Waals surface area contributed by atoms with E-state index in [0.717, 1.165) is 71.4 Å². The monoisotopic (exact) mass is 630 g/mol. The van der Waals surface area contributed by atoms with Gasteiger partial charge in [-0.05, 0) is 67.7 Å². The standard InChI is InChI=1S/C33H35ClN6O3S/c1-21-6-4-7-25(34)31(21)38-33(41)30-17-22-16-23(8-9-29(22)44-30)37-32-24-18-27(42-3)28(19-26(24)35-20-36-32)43-15-5-10-40-13-11-39(2)12-14-40/h4,6-9,16-20H,5,10-15H2,1-3H3,(H,38,41)(H,35,36,37). The highest BCUT2D eigenvalue weighted by Gasteiger charge is 2.16. The molecule has 11 heteroatoms. The molecule has 3 heterocycles. The Morgan fingerprint density at radius 2 is 1.89 bits per heavy atom. The summed E-state index contributed by atoms with van der Waals surface area (Å²) in [6.45, 7) is 7.95. The van der Waals surface area contributed by atoms with Crippen LogP contribution in [0.5, 0.6) is 11.5 Å². The molecular formula is C33H35ClN6O3S. The topological polar surface area (TPSA) is 91.8 Å². The average molecular weight is 631 g/mol. The number of hydrogen-bond donors (Lipinski definition) is 2. The van der Waals surface area contributed by atoms with Crippen LogP contribution in [-0.2, 0) is 0 Å². The average Bonchev–Trinajstić information content (AvgIpc) is 3.45. The number of likely N-dealkylation sites (N-methyl/N-ethyl adjacent to an activating group) is 1. The van der Waals surface area contributed by atoms with Gasteiger partial charge in [0.2, 0.25) is 0 Å². The summed E-state index contributed by atoms with van der Waals surface area (Å²) < 4.78 is 12.8. The summed E-state index contributed by atoms with van der Waals surface area (Å²) in [6.07, 6.45) is 2.48. The number of hydrogen-bond acceptors (Lipinski definition) is 9. The van der Waals surface area contributed by atoms with Crippen molar-refractivity contribution in [2.45, 2.75) is 13.3 Å². The van der Waals surface area contributed by atoms with Crippen molar-refractivity contribution in [3.63, 3.8) is 0 Å². The Labute approximate surface area is 265 Å². The number of methoxy groups -OCH3 is 1. The zero-order valence-corrected chi connectivity index (χ0v) is 26.6. The number of aryl methyl sites for hydroxylation is 1. The highest BCUT2D eigenvalue weighted by Crippen LogP contribution is 2.36. The van der Waals surface area contributed by atoms with Crippen molar-refractivity contribution in [3.05, 3.63) is 76.4 Å². The smallest absolute Gasteiger partial charge is 0.265 e. The number of thiophene rings is 1. The third kappa shape index (κ3) is 6.73. The number of para-hydroxylation sites is 1. The van der Waals surface area contributed by atoms with Crippen LogP contribution in [-0.4, -0.2) is 79.2 Å². The van der Waals surface area contributed by atoms with E-state index in [1.165, 1.54) is 17.7 Å². The Morgan fingerprint density at radius 1 is 1.05 bits per heavy atom. The van der Waals surface area contributed by atoms with Crippen molar-refractivity contribution < 1.29 is 14.3 Å². The first-order valence-electron chi connectivity index (χ1n) is 14.6. The largest absolute Gasteiger partial charge is 0.493 e. The highest BCUT2D eigenvalue weighted by molar-refractivity contribution is 7.20. The van der Waals surface area contributed by atoms with Crippen LogP contribution in [0.2, 0.25) is 5.02 Å². The molecule has 1 saturated heterocycles. The molecule has 0 unspecified atom stereocenters. The van der Waals surface area contributed by atoms with E-state index in [4.69, 9.17) is 21.1 Å². The van der Waals surface area contributed by atoms with Crippen molar-refractivity contribution in [3.8, 4) is 11.5 Å². The highest BCUT2D eigenvalue weighted by atomic mass is 35.5. The normalized spacial score (nSPS) is 14.2. The minimum atomic E-state index is -0.192. The Hall–Kier alpha value is -3.96. The molecule has 6 rings (SSSR count). The molecule has 228 valence electrons. The number of amides is 1. The summed E-state index contributed by atoms with van der Waals surface area (Å²) in [4.78, 5) is 27.5. The molecule has 9 nitrogen and oxygen atoms in total. The molecule has 3 aromatic carbocycles. The Kier molecular flexibility index (Phi) is 9.13. The maximum Gasteiger partial charge on any atom is 0.265 e. The van der Waals surface area contributed by atoms with Gasteiger partial charge in [-0.2, -0.15) is 0 Å². The van der Waals surface area contributed by atoms with E-state index in [-0.39, 0.29) is 5.91 Å². The van der Waals surface area contributed by atoms with Crippen molar-refractivity contribution in [2.75, 3.05) is 64.1 Å². The molecule has 0 saturated carbocycles. The molecule has 1 aliphatic heterocycles. The lowest BCUT2D eigenvalue weighted by Gasteiger charge is -2.32. The van der Waals surface area contributed by atoms with Gasteiger partial charge in [0.05, 0.1) is 34.8 Å². The number of carbonyl (C=O) groups is 1. The van der Waals surface area contributed by atoms with Crippen LogP contribution in [0.4, 0.5) is 17.2 Å². The number of carbonyl (C=O) groups excluding carboxylic acids is 1. The molecule has 2 N–H and O–H groups in total. The number of ether oxygens (including phenoxy) is 2. The Morgan fingerprint density at radius 3 is 2.68 bits per heavy atom. The van der Waals surface area contributed by atoms with Crippen LogP contribution in [0, 0.1) is 6.92 Å². The lowest BCUT2D eigenvalue weighted by Crippen LogP contribution is -2.44. The van der Waals surface area contributed by atoms with Crippen LogP contribution in [0.15, 0.2) is 60.9 Å². The number of halogens is 1. The number of aromatic nitrogens is 2. The predicted molar refractivity (Wildman–Crippen MR) is 179 cm³/mol. The number of benzene rings is 3. The first-order chi connectivity index (χ1) is 21.4. The van der Waals surface area contributed by atoms with Crippen molar-refractivity contribution in [2.24, 2.45) is 0 Å². The van der Waals surface area contributed by atoms with E-state index >= 15 is 0 Å². The van der Waals surface area contributed by atoms with Gasteiger partial charge < -0.3 is 29.9 Å². The maximum absolute atomic E-state index is 13.0. The third-order valence-corrected chi connectivity index (χ3v) is 9.29. The Bertz CT molecular complexity index is 1780.